The number of hydrogen-bond acceptors (Lipinski definition) is 8. The summed E-state index contributed by atoms with van der Waals surface area (Å²) in [6.07, 6.45) is -0.278. The Hall–Kier alpha value is -5.32. The normalized spacial score (nSPS) is 11.4. The van der Waals surface area contributed by atoms with Crippen molar-refractivity contribution in [3.05, 3.63) is 167 Å². The molecule has 0 bridgehead atoms. The van der Waals surface area contributed by atoms with Gasteiger partial charge in [0.1, 0.15) is 0 Å². The zero-order valence-electron chi connectivity index (χ0n) is 35.6. The second kappa shape index (κ2) is 22.5. The Morgan fingerprint density at radius 3 is 1.34 bits per heavy atom. The first-order valence-electron chi connectivity index (χ1n) is 19.7. The fraction of sp³-hybridized carbons (Fsp3) is 0.224. The van der Waals surface area contributed by atoms with Gasteiger partial charge in [0.25, 0.3) is 0 Å². The molecule has 2 N–H and O–H groups in total. The molecule has 8 aromatic rings. The molecule has 0 spiro atoms. The molecule has 4 heterocycles. The molecule has 8 rings (SSSR count). The fourth-order valence-electron chi connectivity index (χ4n) is 6.83. The quantitative estimate of drug-likeness (QED) is 0.144. The van der Waals surface area contributed by atoms with Crippen LogP contribution in [0.4, 0.5) is 0 Å². The molecule has 2 atom stereocenters. The number of aliphatic hydroxyl groups is 2. The zero-order chi connectivity index (χ0) is 42.1. The van der Waals surface area contributed by atoms with E-state index in [9.17, 15) is 0 Å². The molecule has 4 aromatic carbocycles. The van der Waals surface area contributed by atoms with Crippen LogP contribution in [0.15, 0.2) is 127 Å². The predicted octanol–water partition coefficient (Wildman–Crippen LogP) is 9.78. The fourth-order valence-corrected chi connectivity index (χ4v) is 6.83. The zero-order valence-corrected chi connectivity index (χ0v) is 40.4. The third kappa shape index (κ3) is 12.0. The number of aromatic nitrogens is 8. The summed E-state index contributed by atoms with van der Waals surface area (Å²) < 4.78 is 4.19. The summed E-state index contributed by atoms with van der Waals surface area (Å²) in [6, 6.07) is 45.9. The van der Waals surface area contributed by atoms with Crippen LogP contribution in [-0.4, -0.2) is 61.9 Å². The maximum absolute atomic E-state index is 8.56. The van der Waals surface area contributed by atoms with Gasteiger partial charge in [0, 0.05) is 68.3 Å². The van der Waals surface area contributed by atoms with Crippen LogP contribution >= 0.6 is 0 Å². The number of nitrogens with zero attached hydrogens (tertiary/aromatic N) is 8. The average Bonchev–Trinajstić information content (AvgIpc) is 3.85. The first kappa shape index (κ1) is 48.3. The van der Waals surface area contributed by atoms with Crippen molar-refractivity contribution >= 4 is 0 Å². The van der Waals surface area contributed by atoms with Crippen molar-refractivity contribution in [3.63, 3.8) is 0 Å². The molecule has 2 unspecified atom stereocenters. The summed E-state index contributed by atoms with van der Waals surface area (Å²) in [5, 5.41) is 35.2. The van der Waals surface area contributed by atoms with E-state index in [-0.39, 0.29) is 52.4 Å². The van der Waals surface area contributed by atoms with E-state index in [1.165, 1.54) is 5.56 Å². The smallest absolute Gasteiger partial charge is 0.169 e. The van der Waals surface area contributed by atoms with Crippen LogP contribution in [0.1, 0.15) is 54.2 Å². The first-order chi connectivity index (χ1) is 28.4. The Kier molecular flexibility index (Phi) is 17.8. The molecule has 0 fully saturated rings. The number of aryl methyl sites for hydroxylation is 6. The van der Waals surface area contributed by atoms with Crippen LogP contribution < -0.4 is 0 Å². The Labute approximate surface area is 385 Å². The van der Waals surface area contributed by atoms with Gasteiger partial charge in [0.15, 0.2) is 17.5 Å². The van der Waals surface area contributed by atoms with Crippen molar-refractivity contribution in [3.8, 4) is 56.9 Å². The van der Waals surface area contributed by atoms with E-state index in [0.717, 1.165) is 85.3 Å². The Balaban J connectivity index is 0.000000226. The number of pyridine rings is 2. The molecule has 12 heteroatoms. The topological polar surface area (TPSA) is 128 Å². The molecule has 0 aliphatic heterocycles. The van der Waals surface area contributed by atoms with Crippen LogP contribution in [0, 0.1) is 47.6 Å². The summed E-state index contributed by atoms with van der Waals surface area (Å²) in [5.74, 6) is 3.22. The number of rotatable bonds is 8. The summed E-state index contributed by atoms with van der Waals surface area (Å²) in [7, 11) is 0. The third-order valence-electron chi connectivity index (χ3n) is 9.64. The minimum absolute atomic E-state index is 0. The molecule has 318 valence electrons. The molecule has 61 heavy (non-hydrogen) atoms. The SMILES string of the molecule is CC(O)CC(C)O.Cc1ccc(-n2c(-c3[c-]cccc3)nnc2-c2ccccc2C)c(C)n1.Cc1ccc(-n2c(-c3ccccc3)nnc2-c2ccccc2C)c(C)n1.[Ir].[Ir]. The molecule has 0 aliphatic rings. The second-order valence-corrected chi connectivity index (χ2v) is 14.7. The van der Waals surface area contributed by atoms with Gasteiger partial charge in [0.05, 0.1) is 40.8 Å². The molecule has 10 nitrogen and oxygen atoms in total. The van der Waals surface area contributed by atoms with Gasteiger partial charge >= 0.3 is 0 Å². The molecule has 4 aromatic heterocycles. The Morgan fingerprint density at radius 2 is 0.918 bits per heavy atom. The van der Waals surface area contributed by atoms with Gasteiger partial charge in [-0.3, -0.25) is 14.5 Å². The van der Waals surface area contributed by atoms with Crippen LogP contribution in [-0.2, 0) is 40.2 Å². The second-order valence-electron chi connectivity index (χ2n) is 14.7. The van der Waals surface area contributed by atoms with Crippen molar-refractivity contribution < 1.29 is 50.4 Å². The number of aliphatic hydroxyl groups excluding tert-OH is 2. The van der Waals surface area contributed by atoms with Crippen LogP contribution in [0.25, 0.3) is 56.9 Å². The van der Waals surface area contributed by atoms with Gasteiger partial charge in [-0.15, -0.1) is 51.2 Å². The number of benzene rings is 4. The third-order valence-corrected chi connectivity index (χ3v) is 9.64. The molecular formula is C49H51Ir2N8O2-. The molecule has 0 saturated heterocycles. The largest absolute Gasteiger partial charge is 0.393 e. The van der Waals surface area contributed by atoms with Gasteiger partial charge in [-0.2, -0.15) is 5.10 Å². The van der Waals surface area contributed by atoms with E-state index < -0.39 is 0 Å². The van der Waals surface area contributed by atoms with Crippen LogP contribution in [0.3, 0.4) is 0 Å². The van der Waals surface area contributed by atoms with Crippen LogP contribution in [0.5, 0.6) is 0 Å². The van der Waals surface area contributed by atoms with E-state index in [2.05, 4.69) is 108 Å². The van der Waals surface area contributed by atoms with Gasteiger partial charge < -0.3 is 14.8 Å². The summed E-state index contributed by atoms with van der Waals surface area (Å²) in [4.78, 5) is 9.28. The van der Waals surface area contributed by atoms with Gasteiger partial charge in [-0.05, 0) is 97.2 Å². The van der Waals surface area contributed by atoms with Crippen molar-refractivity contribution in [1.29, 1.82) is 0 Å². The van der Waals surface area contributed by atoms with Crippen molar-refractivity contribution in [2.75, 3.05) is 0 Å². The Bertz CT molecular complexity index is 2450. The Morgan fingerprint density at radius 1 is 0.492 bits per heavy atom. The summed E-state index contributed by atoms with van der Waals surface area (Å²) in [5.41, 5.74) is 12.2. The van der Waals surface area contributed by atoms with Crippen LogP contribution in [0.2, 0.25) is 0 Å². The predicted molar refractivity (Wildman–Crippen MR) is 235 cm³/mol. The first-order valence-corrected chi connectivity index (χ1v) is 19.7. The molecule has 0 saturated carbocycles. The monoisotopic (exact) mass is 1170 g/mol. The number of hydrogen-bond donors (Lipinski definition) is 2. The molecular weight excluding hydrogens is 1120 g/mol. The van der Waals surface area contributed by atoms with E-state index in [0.29, 0.717) is 6.42 Å². The van der Waals surface area contributed by atoms with E-state index in [4.69, 9.17) is 10.2 Å². The summed E-state index contributed by atoms with van der Waals surface area (Å²) >= 11 is 0. The van der Waals surface area contributed by atoms with Crippen molar-refractivity contribution in [2.24, 2.45) is 0 Å². The maximum atomic E-state index is 8.56. The average molecular weight is 1170 g/mol. The standard InChI is InChI=1S/C22H20N4.C22H19N4.C5H12O2.2Ir/c2*1-15-9-7-8-12-19(15)22-25-24-21(18-10-5-4-6-11-18)26(22)20-14-13-16(2)23-17(20)3;1-4(6)3-5(2)7;;/h4-14H,1-3H3;4-10,12-14H,1-3H3;4-7H,3H2,1-2H3;;/q;-1;;;. The molecule has 0 amide bonds. The van der Waals surface area contributed by atoms with Gasteiger partial charge in [-0.1, -0.05) is 78.9 Å². The summed E-state index contributed by atoms with van der Waals surface area (Å²) in [6.45, 7) is 15.5. The van der Waals surface area contributed by atoms with Gasteiger partial charge in [-0.25, -0.2) is 0 Å². The van der Waals surface area contributed by atoms with E-state index in [1.807, 2.05) is 107 Å². The maximum Gasteiger partial charge on any atom is 0.169 e. The molecule has 0 aliphatic carbocycles. The molecule has 2 radical (unpaired) electrons. The minimum atomic E-state index is -0.375. The van der Waals surface area contributed by atoms with Crippen molar-refractivity contribution in [1.82, 2.24) is 39.5 Å². The minimum Gasteiger partial charge on any atom is -0.393 e. The van der Waals surface area contributed by atoms with E-state index in [1.54, 1.807) is 13.8 Å². The van der Waals surface area contributed by atoms with E-state index >= 15 is 0 Å². The van der Waals surface area contributed by atoms with Gasteiger partial charge in [0.2, 0.25) is 0 Å². The van der Waals surface area contributed by atoms with Crippen molar-refractivity contribution in [2.45, 2.75) is 74.0 Å².